The lowest BCUT2D eigenvalue weighted by molar-refractivity contribution is -0.137. The van der Waals surface area contributed by atoms with Crippen LogP contribution in [0.2, 0.25) is 0 Å². The van der Waals surface area contributed by atoms with Gasteiger partial charge in [0.05, 0.1) is 30.1 Å². The maximum atomic E-state index is 13.2. The first-order valence-corrected chi connectivity index (χ1v) is 8.53. The second kappa shape index (κ2) is 8.22. The summed E-state index contributed by atoms with van der Waals surface area (Å²) in [5.41, 5.74) is -0.157. The second-order valence-corrected chi connectivity index (χ2v) is 6.14. The van der Waals surface area contributed by atoms with Crippen molar-refractivity contribution in [2.45, 2.75) is 13.1 Å². The van der Waals surface area contributed by atoms with Crippen molar-refractivity contribution in [3.8, 4) is 17.2 Å². The first kappa shape index (κ1) is 20.2. The van der Waals surface area contributed by atoms with E-state index in [9.17, 15) is 18.0 Å². The Bertz CT molecular complexity index is 1020. The normalized spacial score (nSPS) is 11.1. The van der Waals surface area contributed by atoms with Gasteiger partial charge in [-0.1, -0.05) is 0 Å². The molecule has 0 aliphatic carbocycles. The Hall–Kier alpha value is -3.55. The van der Waals surface area contributed by atoms with Gasteiger partial charge in [0, 0.05) is 6.20 Å². The number of pyridine rings is 1. The lowest BCUT2D eigenvalue weighted by atomic mass is 10.1. The second-order valence-electron chi connectivity index (χ2n) is 6.14. The molecule has 3 rings (SSSR count). The van der Waals surface area contributed by atoms with E-state index in [2.05, 4.69) is 10.3 Å². The molecule has 0 radical (unpaired) electrons. The van der Waals surface area contributed by atoms with Crippen LogP contribution in [0.25, 0.3) is 0 Å². The summed E-state index contributed by atoms with van der Waals surface area (Å²) < 4.78 is 50.4. The molecule has 0 unspecified atom stereocenters. The van der Waals surface area contributed by atoms with E-state index in [1.165, 1.54) is 19.5 Å². The lowest BCUT2D eigenvalue weighted by Gasteiger charge is -2.16. The van der Waals surface area contributed by atoms with Crippen LogP contribution in [0.5, 0.6) is 17.2 Å². The summed E-state index contributed by atoms with van der Waals surface area (Å²) in [5, 5.41) is 2.53. The molecule has 150 valence electrons. The maximum Gasteiger partial charge on any atom is 0.416 e. The van der Waals surface area contributed by atoms with Crippen molar-refractivity contribution in [2.24, 2.45) is 0 Å². The summed E-state index contributed by atoms with van der Waals surface area (Å²) in [5.74, 6) is 0.246. The number of nitrogens with zero attached hydrogens (tertiary/aromatic N) is 1. The van der Waals surface area contributed by atoms with E-state index in [1.807, 2.05) is 0 Å². The highest BCUT2D eigenvalue weighted by atomic mass is 19.4. The van der Waals surface area contributed by atoms with Gasteiger partial charge in [0.1, 0.15) is 17.2 Å². The van der Waals surface area contributed by atoms with Crippen molar-refractivity contribution in [1.82, 2.24) is 4.98 Å². The van der Waals surface area contributed by atoms with Crippen molar-refractivity contribution in [1.29, 1.82) is 0 Å². The summed E-state index contributed by atoms with van der Waals surface area (Å²) in [6.07, 6.45) is -1.70. The molecule has 0 fully saturated rings. The molecule has 1 N–H and O–H groups in total. The van der Waals surface area contributed by atoms with Crippen molar-refractivity contribution in [3.05, 3.63) is 77.6 Å². The molecule has 1 aromatic heterocycles. The summed E-state index contributed by atoms with van der Waals surface area (Å²) >= 11 is 0. The molecule has 2 aromatic carbocycles. The Balaban J connectivity index is 1.98. The molecule has 0 atom stereocenters. The van der Waals surface area contributed by atoms with E-state index in [1.54, 1.807) is 37.3 Å². The fourth-order valence-electron chi connectivity index (χ4n) is 2.59. The lowest BCUT2D eigenvalue weighted by Crippen LogP contribution is -2.15. The largest absolute Gasteiger partial charge is 0.497 e. The van der Waals surface area contributed by atoms with Crippen LogP contribution in [0.4, 0.5) is 18.9 Å². The fourth-order valence-corrected chi connectivity index (χ4v) is 2.59. The van der Waals surface area contributed by atoms with Crippen LogP contribution in [0.1, 0.15) is 21.5 Å². The van der Waals surface area contributed by atoms with Gasteiger partial charge in [-0.15, -0.1) is 0 Å². The van der Waals surface area contributed by atoms with Gasteiger partial charge in [-0.25, -0.2) is 0 Å². The molecule has 29 heavy (non-hydrogen) atoms. The van der Waals surface area contributed by atoms with E-state index in [0.29, 0.717) is 22.7 Å². The third-order valence-corrected chi connectivity index (χ3v) is 4.07. The summed E-state index contributed by atoms with van der Waals surface area (Å²) in [6, 6.07) is 10.9. The average Bonchev–Trinajstić information content (AvgIpc) is 2.69. The highest BCUT2D eigenvalue weighted by Crippen LogP contribution is 2.35. The van der Waals surface area contributed by atoms with Gasteiger partial charge < -0.3 is 14.8 Å². The molecule has 3 aromatic rings. The molecule has 0 saturated heterocycles. The van der Waals surface area contributed by atoms with Crippen LogP contribution < -0.4 is 14.8 Å². The van der Waals surface area contributed by atoms with E-state index in [0.717, 1.165) is 18.2 Å². The van der Waals surface area contributed by atoms with E-state index < -0.39 is 17.6 Å². The number of aromatic nitrogens is 1. The highest BCUT2D eigenvalue weighted by molar-refractivity contribution is 6.06. The Labute approximate surface area is 165 Å². The minimum atomic E-state index is -4.60. The topological polar surface area (TPSA) is 60.5 Å². The van der Waals surface area contributed by atoms with E-state index in [-0.39, 0.29) is 11.3 Å². The molecule has 0 saturated carbocycles. The molecule has 0 aliphatic heterocycles. The predicted molar refractivity (Wildman–Crippen MR) is 101 cm³/mol. The number of carbonyl (C=O) groups excluding carboxylic acids is 1. The van der Waals surface area contributed by atoms with Crippen molar-refractivity contribution < 1.29 is 27.4 Å². The summed E-state index contributed by atoms with van der Waals surface area (Å²) in [6.45, 7) is 1.76. The number of carbonyl (C=O) groups is 1. The van der Waals surface area contributed by atoms with Crippen LogP contribution in [-0.2, 0) is 6.18 Å². The smallest absolute Gasteiger partial charge is 0.416 e. The molecule has 1 amide bonds. The number of methoxy groups -OCH3 is 1. The molecule has 0 aliphatic rings. The van der Waals surface area contributed by atoms with Crippen molar-refractivity contribution in [2.75, 3.05) is 12.4 Å². The number of aryl methyl sites for hydroxylation is 1. The minimum absolute atomic E-state index is 0.00680. The molecule has 0 spiro atoms. The van der Waals surface area contributed by atoms with Crippen molar-refractivity contribution in [3.63, 3.8) is 0 Å². The zero-order chi connectivity index (χ0) is 21.0. The quantitative estimate of drug-likeness (QED) is 0.616. The Morgan fingerprint density at radius 3 is 2.45 bits per heavy atom. The number of alkyl halides is 3. The van der Waals surface area contributed by atoms with Gasteiger partial charge in [-0.2, -0.15) is 13.2 Å². The van der Waals surface area contributed by atoms with Crippen LogP contribution in [0.3, 0.4) is 0 Å². The average molecular weight is 402 g/mol. The standard InChI is InChI=1S/C21H17F3N2O3/c1-13-10-16(28-2)6-8-18(13)29-19-7-5-14(21(22,23)24)11-17(19)20(27)26-15-4-3-9-25-12-15/h3-12H,1-2H3,(H,26,27). The minimum Gasteiger partial charge on any atom is -0.497 e. The van der Waals surface area contributed by atoms with Gasteiger partial charge >= 0.3 is 6.18 Å². The number of nitrogens with one attached hydrogen (secondary N) is 1. The number of rotatable bonds is 5. The number of halogens is 3. The number of hydrogen-bond acceptors (Lipinski definition) is 4. The third-order valence-electron chi connectivity index (χ3n) is 4.07. The van der Waals surface area contributed by atoms with Crippen molar-refractivity contribution >= 4 is 11.6 Å². The fraction of sp³-hybridized carbons (Fsp3) is 0.143. The zero-order valence-corrected chi connectivity index (χ0v) is 15.6. The molecule has 0 bridgehead atoms. The highest BCUT2D eigenvalue weighted by Gasteiger charge is 2.32. The van der Waals surface area contributed by atoms with Crippen LogP contribution in [-0.4, -0.2) is 18.0 Å². The maximum absolute atomic E-state index is 13.2. The molecule has 5 nitrogen and oxygen atoms in total. The van der Waals surface area contributed by atoms with Crippen LogP contribution in [0, 0.1) is 6.92 Å². The van der Waals surface area contributed by atoms with Crippen LogP contribution >= 0.6 is 0 Å². The first-order chi connectivity index (χ1) is 13.8. The Kier molecular flexibility index (Phi) is 5.72. The zero-order valence-electron chi connectivity index (χ0n) is 15.6. The van der Waals surface area contributed by atoms with Gasteiger partial charge in [-0.05, 0) is 61.0 Å². The molecular formula is C21H17F3N2O3. The Morgan fingerprint density at radius 2 is 1.83 bits per heavy atom. The Morgan fingerprint density at radius 1 is 1.07 bits per heavy atom. The number of ether oxygens (including phenoxy) is 2. The number of anilines is 1. The molecule has 8 heteroatoms. The van der Waals surface area contributed by atoms with E-state index >= 15 is 0 Å². The molecule has 1 heterocycles. The van der Waals surface area contributed by atoms with E-state index in [4.69, 9.17) is 9.47 Å². The van der Waals surface area contributed by atoms with Crippen LogP contribution in [0.15, 0.2) is 60.9 Å². The summed E-state index contributed by atoms with van der Waals surface area (Å²) in [7, 11) is 1.52. The monoisotopic (exact) mass is 402 g/mol. The predicted octanol–water partition coefficient (Wildman–Crippen LogP) is 5.46. The third kappa shape index (κ3) is 4.84. The number of benzene rings is 2. The van der Waals surface area contributed by atoms with Gasteiger partial charge in [0.15, 0.2) is 0 Å². The van der Waals surface area contributed by atoms with Gasteiger partial charge in [0.25, 0.3) is 5.91 Å². The molecular weight excluding hydrogens is 385 g/mol. The number of hydrogen-bond donors (Lipinski definition) is 1. The first-order valence-electron chi connectivity index (χ1n) is 8.53. The number of amides is 1. The van der Waals surface area contributed by atoms with Gasteiger partial charge in [-0.3, -0.25) is 9.78 Å². The van der Waals surface area contributed by atoms with Gasteiger partial charge in [0.2, 0.25) is 0 Å². The SMILES string of the molecule is COc1ccc(Oc2ccc(C(F)(F)F)cc2C(=O)Nc2cccnc2)c(C)c1. The summed E-state index contributed by atoms with van der Waals surface area (Å²) in [4.78, 5) is 16.6.